The van der Waals surface area contributed by atoms with Gasteiger partial charge in [0.05, 0.1) is 0 Å². The predicted octanol–water partition coefficient (Wildman–Crippen LogP) is 1.15. The van der Waals surface area contributed by atoms with Crippen molar-refractivity contribution in [3.05, 3.63) is 35.9 Å². The van der Waals surface area contributed by atoms with Crippen molar-refractivity contribution in [2.75, 3.05) is 6.61 Å². The van der Waals surface area contributed by atoms with E-state index >= 15 is 0 Å². The van der Waals surface area contributed by atoms with E-state index in [-0.39, 0.29) is 12.0 Å². The summed E-state index contributed by atoms with van der Waals surface area (Å²) in [5, 5.41) is 3.41. The Hall–Kier alpha value is -1.84. The van der Waals surface area contributed by atoms with Crippen LogP contribution in [0.3, 0.4) is 0 Å². The van der Waals surface area contributed by atoms with E-state index < -0.39 is 10.3 Å². The first-order valence-electron chi connectivity index (χ1n) is 7.86. The molecule has 0 spiro atoms. The first-order valence-corrected chi connectivity index (χ1v) is 9.30. The summed E-state index contributed by atoms with van der Waals surface area (Å²) in [6, 6.07) is 9.95. The molecule has 0 bridgehead atoms. The molecule has 8 nitrogen and oxygen atoms in total. The summed E-state index contributed by atoms with van der Waals surface area (Å²) in [6.07, 6.45) is 5.77. The molecule has 0 heterocycles. The SMILES string of the molecule is NC(N)=NOCCc1ccccc1.O=S(=O)(O)NC1CCCCC1. The van der Waals surface area contributed by atoms with E-state index in [4.69, 9.17) is 20.9 Å². The lowest BCUT2D eigenvalue weighted by Crippen LogP contribution is -2.35. The second-order valence-corrected chi connectivity index (χ2v) is 6.70. The maximum absolute atomic E-state index is 10.3. The van der Waals surface area contributed by atoms with E-state index in [0.29, 0.717) is 6.61 Å². The number of nitrogens with zero attached hydrogens (tertiary/aromatic N) is 1. The molecule has 1 aromatic carbocycles. The number of oxime groups is 1. The third-order valence-electron chi connectivity index (χ3n) is 3.42. The van der Waals surface area contributed by atoms with Gasteiger partial charge in [-0.2, -0.15) is 13.1 Å². The van der Waals surface area contributed by atoms with Crippen molar-refractivity contribution >= 4 is 16.3 Å². The molecule has 1 aliphatic rings. The second kappa shape index (κ2) is 10.8. The maximum Gasteiger partial charge on any atom is 0.333 e. The Morgan fingerprint density at radius 1 is 1.21 bits per heavy atom. The van der Waals surface area contributed by atoms with Crippen LogP contribution in [-0.4, -0.2) is 31.6 Å². The summed E-state index contributed by atoms with van der Waals surface area (Å²) in [4.78, 5) is 4.84. The minimum absolute atomic E-state index is 0.0428. The number of guanidine groups is 1. The highest BCUT2D eigenvalue weighted by Gasteiger charge is 2.17. The Balaban J connectivity index is 0.000000243. The minimum Gasteiger partial charge on any atom is -0.393 e. The zero-order valence-corrected chi connectivity index (χ0v) is 14.4. The largest absolute Gasteiger partial charge is 0.393 e. The lowest BCUT2D eigenvalue weighted by molar-refractivity contribution is 0.147. The van der Waals surface area contributed by atoms with Gasteiger partial charge in [-0.05, 0) is 23.6 Å². The molecule has 0 amide bonds. The Kier molecular flexibility index (Phi) is 9.13. The van der Waals surface area contributed by atoms with Crippen LogP contribution in [0, 0.1) is 0 Å². The van der Waals surface area contributed by atoms with Crippen LogP contribution in [0.25, 0.3) is 0 Å². The van der Waals surface area contributed by atoms with E-state index in [1.807, 2.05) is 30.3 Å². The maximum atomic E-state index is 10.3. The van der Waals surface area contributed by atoms with Crippen LogP contribution in [0.5, 0.6) is 0 Å². The Bertz CT molecular complexity index is 583. The smallest absolute Gasteiger partial charge is 0.333 e. The first-order chi connectivity index (χ1) is 11.4. The van der Waals surface area contributed by atoms with Gasteiger partial charge in [0.2, 0.25) is 5.96 Å². The number of hydrogen-bond donors (Lipinski definition) is 4. The third-order valence-corrected chi connectivity index (χ3v) is 4.05. The van der Waals surface area contributed by atoms with Crippen LogP contribution < -0.4 is 16.2 Å². The van der Waals surface area contributed by atoms with Crippen molar-refractivity contribution in [1.29, 1.82) is 0 Å². The normalized spacial score (nSPS) is 15.0. The first kappa shape index (κ1) is 20.2. The van der Waals surface area contributed by atoms with Crippen molar-refractivity contribution < 1.29 is 17.8 Å². The molecule has 136 valence electrons. The van der Waals surface area contributed by atoms with Gasteiger partial charge in [-0.3, -0.25) is 4.55 Å². The highest BCUT2D eigenvalue weighted by atomic mass is 32.2. The molecule has 0 atom stereocenters. The van der Waals surface area contributed by atoms with E-state index in [0.717, 1.165) is 32.1 Å². The quantitative estimate of drug-likeness (QED) is 0.198. The monoisotopic (exact) mass is 358 g/mol. The average Bonchev–Trinajstić information content (AvgIpc) is 2.52. The fraction of sp³-hybridized carbons (Fsp3) is 0.533. The van der Waals surface area contributed by atoms with E-state index in [1.165, 1.54) is 12.0 Å². The van der Waals surface area contributed by atoms with Crippen molar-refractivity contribution in [3.63, 3.8) is 0 Å². The second-order valence-electron chi connectivity index (χ2n) is 5.51. The van der Waals surface area contributed by atoms with Crippen LogP contribution in [0.2, 0.25) is 0 Å². The predicted molar refractivity (Wildman–Crippen MR) is 93.5 cm³/mol. The summed E-state index contributed by atoms with van der Waals surface area (Å²) in [6.45, 7) is 0.488. The van der Waals surface area contributed by atoms with Gasteiger partial charge in [0.15, 0.2) is 0 Å². The Labute approximate surface area is 143 Å². The van der Waals surface area contributed by atoms with Crippen LogP contribution >= 0.6 is 0 Å². The molecule has 1 saturated carbocycles. The fourth-order valence-corrected chi connectivity index (χ4v) is 3.02. The Morgan fingerprint density at radius 3 is 2.38 bits per heavy atom. The van der Waals surface area contributed by atoms with Crippen molar-refractivity contribution in [2.45, 2.75) is 44.6 Å². The molecular weight excluding hydrogens is 332 g/mol. The van der Waals surface area contributed by atoms with Gasteiger partial charge in [-0.1, -0.05) is 49.6 Å². The standard InChI is InChI=1S/C9H13N3O.C6H13NO3S/c10-9(11)12-13-7-6-8-4-2-1-3-5-8;8-11(9,10)7-6-4-2-1-3-5-6/h1-5H,6-7H2,(H4,10,11,12);6-7H,1-5H2,(H,8,9,10). The fourth-order valence-electron chi connectivity index (χ4n) is 2.36. The average molecular weight is 358 g/mol. The van der Waals surface area contributed by atoms with Crippen molar-refractivity contribution in [3.8, 4) is 0 Å². The van der Waals surface area contributed by atoms with Gasteiger partial charge in [-0.25, -0.2) is 0 Å². The van der Waals surface area contributed by atoms with Gasteiger partial charge in [0, 0.05) is 12.5 Å². The number of hydrogen-bond acceptors (Lipinski definition) is 4. The molecule has 2 rings (SSSR count). The molecule has 24 heavy (non-hydrogen) atoms. The lowest BCUT2D eigenvalue weighted by atomic mass is 9.96. The minimum atomic E-state index is -3.97. The zero-order valence-electron chi connectivity index (χ0n) is 13.6. The third kappa shape index (κ3) is 10.8. The number of rotatable bonds is 6. The van der Waals surface area contributed by atoms with Gasteiger partial charge >= 0.3 is 10.3 Å². The summed E-state index contributed by atoms with van der Waals surface area (Å²) < 4.78 is 31.3. The molecule has 0 saturated heterocycles. The molecule has 0 aliphatic heterocycles. The van der Waals surface area contributed by atoms with E-state index in [1.54, 1.807) is 0 Å². The van der Waals surface area contributed by atoms with Gasteiger partial charge in [-0.15, -0.1) is 0 Å². The number of benzene rings is 1. The number of nitrogens with one attached hydrogen (secondary N) is 1. The number of nitrogens with two attached hydrogens (primary N) is 2. The van der Waals surface area contributed by atoms with Crippen LogP contribution in [0.15, 0.2) is 35.5 Å². The Morgan fingerprint density at radius 2 is 1.83 bits per heavy atom. The van der Waals surface area contributed by atoms with Crippen LogP contribution in [0.4, 0.5) is 0 Å². The molecule has 1 fully saturated rings. The van der Waals surface area contributed by atoms with Gasteiger partial charge < -0.3 is 16.3 Å². The molecule has 1 aromatic rings. The molecule has 1 aliphatic carbocycles. The molecule has 9 heteroatoms. The lowest BCUT2D eigenvalue weighted by Gasteiger charge is -2.20. The van der Waals surface area contributed by atoms with E-state index in [9.17, 15) is 8.42 Å². The van der Waals surface area contributed by atoms with Gasteiger partial charge in [0.1, 0.15) is 6.61 Å². The molecular formula is C15H26N4O4S. The van der Waals surface area contributed by atoms with Crippen molar-refractivity contribution in [1.82, 2.24) is 4.72 Å². The molecule has 0 radical (unpaired) electrons. The van der Waals surface area contributed by atoms with E-state index in [2.05, 4.69) is 9.88 Å². The van der Waals surface area contributed by atoms with Crippen molar-refractivity contribution in [2.24, 2.45) is 16.6 Å². The summed E-state index contributed by atoms with van der Waals surface area (Å²) in [5.74, 6) is -0.0481. The zero-order chi connectivity index (χ0) is 17.8. The molecule has 0 aromatic heterocycles. The van der Waals surface area contributed by atoms with Crippen LogP contribution in [-0.2, 0) is 21.6 Å². The van der Waals surface area contributed by atoms with Crippen LogP contribution in [0.1, 0.15) is 37.7 Å². The molecule has 0 unspecified atom stereocenters. The topological polar surface area (TPSA) is 140 Å². The summed E-state index contributed by atoms with van der Waals surface area (Å²) in [5.41, 5.74) is 11.4. The molecule has 6 N–H and O–H groups in total. The summed E-state index contributed by atoms with van der Waals surface area (Å²) >= 11 is 0. The summed E-state index contributed by atoms with van der Waals surface area (Å²) in [7, 11) is -3.97. The highest BCUT2D eigenvalue weighted by Crippen LogP contribution is 2.17. The highest BCUT2D eigenvalue weighted by molar-refractivity contribution is 7.83. The van der Waals surface area contributed by atoms with Gasteiger partial charge in [0.25, 0.3) is 0 Å².